The van der Waals surface area contributed by atoms with E-state index >= 15 is 0 Å². The minimum atomic E-state index is -0.364. The number of benzene rings is 1. The molecule has 0 spiro atoms. The zero-order valence-corrected chi connectivity index (χ0v) is 11.0. The van der Waals surface area contributed by atoms with Crippen LogP contribution < -0.4 is 4.74 Å². The fraction of sp³-hybridized carbons (Fsp3) is 0.333. The van der Waals surface area contributed by atoms with Gasteiger partial charge in [0.1, 0.15) is 11.6 Å². The first-order valence-electron chi connectivity index (χ1n) is 5.63. The Balaban J connectivity index is 1.63. The van der Waals surface area contributed by atoms with Gasteiger partial charge in [-0.1, -0.05) is 5.16 Å². The minimum absolute atomic E-state index is 0.154. The molecule has 4 nitrogen and oxygen atoms in total. The lowest BCUT2D eigenvalue weighted by molar-refractivity contribution is 0.241. The Labute approximate surface area is 111 Å². The third-order valence-corrected chi connectivity index (χ3v) is 3.32. The first-order valence-corrected chi connectivity index (χ1v) is 6.42. The molecule has 1 aliphatic carbocycles. The second-order valence-electron chi connectivity index (χ2n) is 4.19. The van der Waals surface area contributed by atoms with Crippen LogP contribution in [0.25, 0.3) is 0 Å². The molecule has 1 saturated carbocycles. The molecular weight excluding hydrogens is 303 g/mol. The van der Waals surface area contributed by atoms with Gasteiger partial charge >= 0.3 is 0 Å². The summed E-state index contributed by atoms with van der Waals surface area (Å²) in [6.45, 7) is 0.154. The first kappa shape index (κ1) is 11.6. The number of hydrogen-bond donors (Lipinski definition) is 0. The minimum Gasteiger partial charge on any atom is -0.484 e. The summed E-state index contributed by atoms with van der Waals surface area (Å²) in [5, 5.41) is 3.87. The van der Waals surface area contributed by atoms with Gasteiger partial charge in [0.25, 0.3) is 5.89 Å². The standard InChI is InChI=1S/C12H10BrFN2O2/c13-9-4-3-8(5-10(9)14)17-6-11-15-12(16-18-11)7-1-2-7/h3-5,7H,1-2,6H2. The van der Waals surface area contributed by atoms with Crippen molar-refractivity contribution < 1.29 is 13.7 Å². The molecule has 18 heavy (non-hydrogen) atoms. The Bertz CT molecular complexity index is 569. The molecule has 1 aromatic heterocycles. The maximum absolute atomic E-state index is 13.2. The number of hydrogen-bond acceptors (Lipinski definition) is 4. The molecule has 94 valence electrons. The van der Waals surface area contributed by atoms with E-state index in [-0.39, 0.29) is 12.4 Å². The van der Waals surface area contributed by atoms with Crippen LogP contribution in [0.5, 0.6) is 5.75 Å². The molecule has 1 aliphatic rings. The smallest absolute Gasteiger partial charge is 0.264 e. The van der Waals surface area contributed by atoms with Crippen molar-refractivity contribution in [1.29, 1.82) is 0 Å². The lowest BCUT2D eigenvalue weighted by atomic mass is 10.3. The lowest BCUT2D eigenvalue weighted by Crippen LogP contribution is -1.96. The Morgan fingerprint density at radius 1 is 1.44 bits per heavy atom. The van der Waals surface area contributed by atoms with Gasteiger partial charge in [0, 0.05) is 12.0 Å². The van der Waals surface area contributed by atoms with Gasteiger partial charge in [0.2, 0.25) is 0 Å². The van der Waals surface area contributed by atoms with Crippen molar-refractivity contribution in [2.24, 2.45) is 0 Å². The molecule has 0 saturated heterocycles. The van der Waals surface area contributed by atoms with Crippen LogP contribution in [0.3, 0.4) is 0 Å². The highest BCUT2D eigenvalue weighted by atomic mass is 79.9. The fourth-order valence-corrected chi connectivity index (χ4v) is 1.79. The van der Waals surface area contributed by atoms with E-state index in [4.69, 9.17) is 9.26 Å². The molecule has 1 fully saturated rings. The predicted molar refractivity (Wildman–Crippen MR) is 64.7 cm³/mol. The molecule has 6 heteroatoms. The number of ether oxygens (including phenoxy) is 1. The van der Waals surface area contributed by atoms with Gasteiger partial charge in [-0.15, -0.1) is 0 Å². The van der Waals surface area contributed by atoms with Gasteiger partial charge in [-0.25, -0.2) is 4.39 Å². The van der Waals surface area contributed by atoms with E-state index in [1.165, 1.54) is 6.07 Å². The van der Waals surface area contributed by atoms with Crippen LogP contribution in [0.4, 0.5) is 4.39 Å². The van der Waals surface area contributed by atoms with Gasteiger partial charge in [-0.05, 0) is 40.9 Å². The monoisotopic (exact) mass is 312 g/mol. The van der Waals surface area contributed by atoms with Crippen molar-refractivity contribution in [2.45, 2.75) is 25.4 Å². The summed E-state index contributed by atoms with van der Waals surface area (Å²) in [4.78, 5) is 4.22. The van der Waals surface area contributed by atoms with Crippen LogP contribution in [0.1, 0.15) is 30.5 Å². The molecule has 3 rings (SSSR count). The van der Waals surface area contributed by atoms with E-state index in [1.807, 2.05) is 0 Å². The second-order valence-corrected chi connectivity index (χ2v) is 5.04. The highest BCUT2D eigenvalue weighted by Gasteiger charge is 2.28. The molecule has 2 aromatic rings. The third-order valence-electron chi connectivity index (χ3n) is 2.68. The second kappa shape index (κ2) is 4.68. The highest BCUT2D eigenvalue weighted by molar-refractivity contribution is 9.10. The normalized spacial score (nSPS) is 14.8. The third kappa shape index (κ3) is 2.53. The van der Waals surface area contributed by atoms with E-state index in [0.29, 0.717) is 22.0 Å². The zero-order chi connectivity index (χ0) is 12.5. The van der Waals surface area contributed by atoms with Crippen LogP contribution in [0.15, 0.2) is 27.2 Å². The molecule has 0 amide bonds. The van der Waals surface area contributed by atoms with Crippen LogP contribution in [-0.2, 0) is 6.61 Å². The summed E-state index contributed by atoms with van der Waals surface area (Å²) < 4.78 is 24.1. The summed E-state index contributed by atoms with van der Waals surface area (Å²) in [7, 11) is 0. The number of rotatable bonds is 4. The first-order chi connectivity index (χ1) is 8.72. The average Bonchev–Trinajstić information content (AvgIpc) is 3.11. The van der Waals surface area contributed by atoms with Crippen LogP contribution in [0.2, 0.25) is 0 Å². The summed E-state index contributed by atoms with van der Waals surface area (Å²) >= 11 is 3.08. The molecule has 0 radical (unpaired) electrons. The van der Waals surface area contributed by atoms with E-state index in [2.05, 4.69) is 26.1 Å². The van der Waals surface area contributed by atoms with Gasteiger partial charge in [0.15, 0.2) is 12.4 Å². The summed E-state index contributed by atoms with van der Waals surface area (Å²) in [5.41, 5.74) is 0. The topological polar surface area (TPSA) is 48.2 Å². The van der Waals surface area contributed by atoms with Crippen molar-refractivity contribution in [3.8, 4) is 5.75 Å². The highest BCUT2D eigenvalue weighted by Crippen LogP contribution is 2.38. The summed E-state index contributed by atoms with van der Waals surface area (Å²) in [6, 6.07) is 4.57. The largest absolute Gasteiger partial charge is 0.484 e. The van der Waals surface area contributed by atoms with Gasteiger partial charge in [-0.3, -0.25) is 0 Å². The van der Waals surface area contributed by atoms with E-state index in [0.717, 1.165) is 18.7 Å². The Morgan fingerprint density at radius 3 is 3.00 bits per heavy atom. The average molecular weight is 313 g/mol. The number of nitrogens with zero attached hydrogens (tertiary/aromatic N) is 2. The Morgan fingerprint density at radius 2 is 2.28 bits per heavy atom. The molecule has 1 aromatic carbocycles. The van der Waals surface area contributed by atoms with Crippen molar-refractivity contribution in [3.63, 3.8) is 0 Å². The number of halogens is 2. The molecule has 0 aliphatic heterocycles. The summed E-state index contributed by atoms with van der Waals surface area (Å²) in [5.74, 6) is 1.68. The fourth-order valence-electron chi connectivity index (χ4n) is 1.55. The lowest BCUT2D eigenvalue weighted by Gasteiger charge is -2.03. The van der Waals surface area contributed by atoms with E-state index in [9.17, 15) is 4.39 Å². The van der Waals surface area contributed by atoms with Crippen LogP contribution in [-0.4, -0.2) is 10.1 Å². The maximum Gasteiger partial charge on any atom is 0.264 e. The Kier molecular flexibility index (Phi) is 3.03. The van der Waals surface area contributed by atoms with Crippen LogP contribution in [0, 0.1) is 5.82 Å². The van der Waals surface area contributed by atoms with E-state index < -0.39 is 0 Å². The predicted octanol–water partition coefficient (Wildman–Crippen LogP) is 3.43. The van der Waals surface area contributed by atoms with Gasteiger partial charge in [0.05, 0.1) is 4.47 Å². The summed E-state index contributed by atoms with van der Waals surface area (Å²) in [6.07, 6.45) is 2.25. The van der Waals surface area contributed by atoms with Crippen molar-refractivity contribution in [3.05, 3.63) is 40.2 Å². The van der Waals surface area contributed by atoms with Crippen molar-refractivity contribution >= 4 is 15.9 Å². The van der Waals surface area contributed by atoms with Gasteiger partial charge in [-0.2, -0.15) is 4.98 Å². The quantitative estimate of drug-likeness (QED) is 0.868. The molecule has 0 unspecified atom stereocenters. The molecule has 0 bridgehead atoms. The molecule has 1 heterocycles. The van der Waals surface area contributed by atoms with Crippen LogP contribution >= 0.6 is 15.9 Å². The Hall–Kier alpha value is -1.43. The molecule has 0 N–H and O–H groups in total. The zero-order valence-electron chi connectivity index (χ0n) is 9.40. The van der Waals surface area contributed by atoms with Gasteiger partial charge < -0.3 is 9.26 Å². The SMILES string of the molecule is Fc1cc(OCc2nc(C3CC3)no2)ccc1Br. The molecule has 0 atom stereocenters. The number of aromatic nitrogens is 2. The van der Waals surface area contributed by atoms with Crippen molar-refractivity contribution in [1.82, 2.24) is 10.1 Å². The van der Waals surface area contributed by atoms with Crippen molar-refractivity contribution in [2.75, 3.05) is 0 Å². The maximum atomic E-state index is 13.2. The molecular formula is C12H10BrFN2O2. The van der Waals surface area contributed by atoms with E-state index in [1.54, 1.807) is 12.1 Å².